The van der Waals surface area contributed by atoms with Gasteiger partial charge in [0.15, 0.2) is 6.10 Å². The van der Waals surface area contributed by atoms with E-state index in [2.05, 4.69) is 5.32 Å². The molecule has 0 saturated carbocycles. The van der Waals surface area contributed by atoms with Gasteiger partial charge in [-0.15, -0.1) is 0 Å². The van der Waals surface area contributed by atoms with Crippen molar-refractivity contribution >= 4 is 18.6 Å². The van der Waals surface area contributed by atoms with Crippen LogP contribution in [-0.4, -0.2) is 25.0 Å². The van der Waals surface area contributed by atoms with Crippen LogP contribution >= 0.6 is 7.37 Å². The Hall–Kier alpha value is -1.94. The van der Waals surface area contributed by atoms with Gasteiger partial charge in [0.25, 0.3) is 0 Å². The lowest BCUT2D eigenvalue weighted by molar-refractivity contribution is -0.147. The Morgan fingerprint density at radius 3 is 2.07 bits per heavy atom. The molecule has 3 atom stereocenters. The molecule has 0 bridgehead atoms. The molecule has 1 N–H and O–H groups in total. The van der Waals surface area contributed by atoms with Gasteiger partial charge in [0.2, 0.25) is 7.37 Å². The normalized spacial score (nSPS) is 15.7. The fraction of sp³-hybridized carbons (Fsp3) is 0.381. The Bertz CT molecular complexity index is 764. The quantitative estimate of drug-likeness (QED) is 0.520. The van der Waals surface area contributed by atoms with Gasteiger partial charge in [0.1, 0.15) is 0 Å². The number of carbonyl (C=O) groups excluding carboxylic acids is 1. The van der Waals surface area contributed by atoms with Gasteiger partial charge in [-0.05, 0) is 30.5 Å². The van der Waals surface area contributed by atoms with E-state index in [4.69, 9.17) is 9.26 Å². The first kappa shape index (κ1) is 21.4. The molecule has 0 aliphatic rings. The molecule has 2 aromatic carbocycles. The van der Waals surface area contributed by atoms with Crippen molar-refractivity contribution < 1.29 is 18.6 Å². The van der Waals surface area contributed by atoms with Crippen LogP contribution in [0.2, 0.25) is 0 Å². The fourth-order valence-electron chi connectivity index (χ4n) is 2.93. The third-order valence-corrected chi connectivity index (χ3v) is 7.48. The van der Waals surface area contributed by atoms with Crippen LogP contribution in [0, 0.1) is 5.92 Å². The van der Waals surface area contributed by atoms with Crippen molar-refractivity contribution in [3.63, 3.8) is 0 Å². The molecule has 0 heterocycles. The molecule has 146 valence electrons. The minimum atomic E-state index is -3.41. The van der Waals surface area contributed by atoms with Crippen molar-refractivity contribution in [3.05, 3.63) is 66.2 Å². The van der Waals surface area contributed by atoms with E-state index in [9.17, 15) is 9.36 Å². The molecular formula is C21H28NO4P. The van der Waals surface area contributed by atoms with E-state index in [0.29, 0.717) is 11.8 Å². The summed E-state index contributed by atoms with van der Waals surface area (Å²) < 4.78 is 24.8. The molecule has 2 unspecified atom stereocenters. The van der Waals surface area contributed by atoms with E-state index in [1.165, 1.54) is 7.11 Å². The van der Waals surface area contributed by atoms with E-state index in [1.807, 2.05) is 62.4 Å². The van der Waals surface area contributed by atoms with Crippen molar-refractivity contribution in [2.24, 2.45) is 5.92 Å². The first-order valence-corrected chi connectivity index (χ1v) is 10.8. The number of esters is 1. The van der Waals surface area contributed by atoms with Crippen molar-refractivity contribution in [2.45, 2.75) is 39.2 Å². The van der Waals surface area contributed by atoms with Crippen molar-refractivity contribution in [1.29, 1.82) is 0 Å². The molecule has 0 saturated heterocycles. The molecule has 27 heavy (non-hydrogen) atoms. The molecule has 5 nitrogen and oxygen atoms in total. The zero-order chi connectivity index (χ0) is 19.9. The summed E-state index contributed by atoms with van der Waals surface area (Å²) in [4.78, 5) is 11.9. The van der Waals surface area contributed by atoms with Gasteiger partial charge in [-0.2, -0.15) is 0 Å². The summed E-state index contributed by atoms with van der Waals surface area (Å²) >= 11 is 0. The van der Waals surface area contributed by atoms with E-state index in [0.717, 1.165) is 5.56 Å². The van der Waals surface area contributed by atoms with Gasteiger partial charge >= 0.3 is 5.97 Å². The summed E-state index contributed by atoms with van der Waals surface area (Å²) in [5.41, 5.74) is 1.09. The summed E-state index contributed by atoms with van der Waals surface area (Å²) in [5, 5.41) is 3.98. The minimum Gasteiger partial charge on any atom is -0.467 e. The summed E-state index contributed by atoms with van der Waals surface area (Å²) in [7, 11) is -2.12. The molecule has 0 amide bonds. The van der Waals surface area contributed by atoms with E-state index >= 15 is 0 Å². The zero-order valence-corrected chi connectivity index (χ0v) is 17.2. The number of nitrogens with one attached hydrogen (secondary N) is 1. The molecule has 0 spiro atoms. The second-order valence-electron chi connectivity index (χ2n) is 6.76. The van der Waals surface area contributed by atoms with Crippen LogP contribution in [0.3, 0.4) is 0 Å². The maximum atomic E-state index is 14.1. The van der Waals surface area contributed by atoms with Crippen LogP contribution in [0.4, 0.5) is 0 Å². The number of benzene rings is 2. The monoisotopic (exact) mass is 389 g/mol. The highest BCUT2D eigenvalue weighted by Crippen LogP contribution is 2.53. The average Bonchev–Trinajstić information content (AvgIpc) is 2.68. The van der Waals surface area contributed by atoms with Crippen LogP contribution in [0.15, 0.2) is 60.7 Å². The lowest BCUT2D eigenvalue weighted by atomic mass is 10.2. The van der Waals surface area contributed by atoms with Gasteiger partial charge in [-0.3, -0.25) is 4.57 Å². The molecule has 6 heteroatoms. The molecule has 0 aliphatic carbocycles. The number of carbonyl (C=O) groups is 1. The third kappa shape index (κ3) is 5.52. The topological polar surface area (TPSA) is 64.6 Å². The summed E-state index contributed by atoms with van der Waals surface area (Å²) in [6.45, 7) is 6.10. The van der Waals surface area contributed by atoms with Crippen LogP contribution in [0.25, 0.3) is 0 Å². The molecule has 0 fully saturated rings. The number of ether oxygens (including phenoxy) is 1. The van der Waals surface area contributed by atoms with E-state index in [-0.39, 0.29) is 5.92 Å². The Balaban J connectivity index is 2.35. The number of hydrogen-bond donors (Lipinski definition) is 1. The maximum absolute atomic E-state index is 14.1. The maximum Gasteiger partial charge on any atom is 0.335 e. The van der Waals surface area contributed by atoms with E-state index < -0.39 is 25.2 Å². The Labute approximate surface area is 161 Å². The highest BCUT2D eigenvalue weighted by atomic mass is 31.2. The lowest BCUT2D eigenvalue weighted by Crippen LogP contribution is -2.39. The van der Waals surface area contributed by atoms with Crippen LogP contribution in [0.5, 0.6) is 0 Å². The summed E-state index contributed by atoms with van der Waals surface area (Å²) in [6, 6.07) is 19.0. The standard InChI is InChI=1S/C21H28NO4P/c1-16(2)20(22-15-18-11-7-5-8-12-18)27(24,19-13-9-6-10-14-19)26-17(3)21(23)25-4/h5-14,16-17,20,22H,15H2,1-4H3/t17-,20?,27?/m0/s1. The predicted molar refractivity (Wildman–Crippen MR) is 108 cm³/mol. The van der Waals surface area contributed by atoms with Crippen molar-refractivity contribution in [2.75, 3.05) is 7.11 Å². The molecule has 0 aromatic heterocycles. The predicted octanol–water partition coefficient (Wildman–Crippen LogP) is 3.94. The Morgan fingerprint density at radius 2 is 1.56 bits per heavy atom. The van der Waals surface area contributed by atoms with E-state index in [1.54, 1.807) is 19.1 Å². The van der Waals surface area contributed by atoms with Crippen LogP contribution < -0.4 is 10.6 Å². The first-order chi connectivity index (χ1) is 12.9. The van der Waals surface area contributed by atoms with Gasteiger partial charge in [0, 0.05) is 11.8 Å². The van der Waals surface area contributed by atoms with Crippen molar-refractivity contribution in [1.82, 2.24) is 5.32 Å². The van der Waals surface area contributed by atoms with Gasteiger partial charge in [0.05, 0.1) is 12.9 Å². The average molecular weight is 389 g/mol. The molecule has 0 aliphatic heterocycles. The Morgan fingerprint density at radius 1 is 1.00 bits per heavy atom. The second kappa shape index (κ2) is 9.84. The van der Waals surface area contributed by atoms with Crippen LogP contribution in [-0.2, 0) is 25.2 Å². The first-order valence-electron chi connectivity index (χ1n) is 9.07. The smallest absolute Gasteiger partial charge is 0.335 e. The lowest BCUT2D eigenvalue weighted by Gasteiger charge is -2.33. The highest BCUT2D eigenvalue weighted by molar-refractivity contribution is 7.67. The number of rotatable bonds is 9. The second-order valence-corrected chi connectivity index (χ2v) is 9.24. The fourth-order valence-corrected chi connectivity index (χ4v) is 5.77. The third-order valence-electron chi connectivity index (χ3n) is 4.32. The van der Waals surface area contributed by atoms with Crippen LogP contribution in [0.1, 0.15) is 26.3 Å². The largest absolute Gasteiger partial charge is 0.467 e. The van der Waals surface area contributed by atoms with Gasteiger partial charge in [-0.25, -0.2) is 4.79 Å². The summed E-state index contributed by atoms with van der Waals surface area (Å²) in [6.07, 6.45) is -0.930. The Kier molecular flexibility index (Phi) is 7.78. The SMILES string of the molecule is COC(=O)[C@H](C)OP(=O)(c1ccccc1)C(NCc1ccccc1)C(C)C. The molecule has 0 radical (unpaired) electrons. The number of hydrogen-bond acceptors (Lipinski definition) is 5. The van der Waals surface area contributed by atoms with Gasteiger partial charge < -0.3 is 14.6 Å². The number of methoxy groups -OCH3 is 1. The van der Waals surface area contributed by atoms with Crippen molar-refractivity contribution in [3.8, 4) is 0 Å². The minimum absolute atomic E-state index is 0.0181. The van der Waals surface area contributed by atoms with Gasteiger partial charge in [-0.1, -0.05) is 62.4 Å². The highest BCUT2D eigenvalue weighted by Gasteiger charge is 2.40. The summed E-state index contributed by atoms with van der Waals surface area (Å²) in [5.74, 6) is -0.978. The zero-order valence-electron chi connectivity index (χ0n) is 16.3. The molecular weight excluding hydrogens is 361 g/mol. The molecule has 2 aromatic rings. The molecule has 2 rings (SSSR count).